The van der Waals surface area contributed by atoms with Gasteiger partial charge in [0.05, 0.1) is 24.3 Å². The molecule has 0 fully saturated rings. The lowest BCUT2D eigenvalue weighted by molar-refractivity contribution is -0.538. The Labute approximate surface area is 464 Å². The number of hydrogen-bond donors (Lipinski definition) is 4. The highest BCUT2D eigenvalue weighted by molar-refractivity contribution is 5.98. The molecule has 0 radical (unpaired) electrons. The Bertz CT molecular complexity index is 3720. The maximum Gasteiger partial charge on any atom is 0.338 e. The second-order valence-electron chi connectivity index (χ2n) is 20.3. The van der Waals surface area contributed by atoms with Crippen molar-refractivity contribution in [3.63, 3.8) is 0 Å². The van der Waals surface area contributed by atoms with Crippen LogP contribution in [-0.2, 0) is 9.47 Å². The predicted octanol–water partition coefficient (Wildman–Crippen LogP) is 11.2. The Morgan fingerprint density at radius 1 is 0.425 bits per heavy atom. The quantitative estimate of drug-likeness (QED) is 0.0199. The number of anilines is 2. The first-order chi connectivity index (χ1) is 38.8. The molecule has 0 spiro atoms. The van der Waals surface area contributed by atoms with Crippen molar-refractivity contribution in [2.45, 2.75) is 66.2 Å². The number of unbranched alkanes of at least 4 members (excludes halogenated alkanes) is 4. The van der Waals surface area contributed by atoms with Crippen LogP contribution >= 0.6 is 0 Å². The average molecular weight is 1070 g/mol. The van der Waals surface area contributed by atoms with Crippen molar-refractivity contribution in [3.8, 4) is 22.5 Å². The maximum absolute atomic E-state index is 13.4. The highest BCUT2D eigenvalue weighted by atomic mass is 16.5. The molecule has 0 saturated heterocycles. The van der Waals surface area contributed by atoms with Crippen LogP contribution in [0, 0.1) is 27.7 Å². The summed E-state index contributed by atoms with van der Waals surface area (Å²) in [5.74, 6) is -1.13. The highest BCUT2D eigenvalue weighted by Gasteiger charge is 2.26. The van der Waals surface area contributed by atoms with Crippen LogP contribution in [0.2, 0.25) is 0 Å². The molecule has 6 N–H and O–H groups in total. The first-order valence-electron chi connectivity index (χ1n) is 27.2. The average Bonchev–Trinajstić information content (AvgIpc) is 3.39. The molecule has 0 aliphatic rings. The maximum atomic E-state index is 13.4. The number of carbonyl (C=O) groups excluding carboxylic acids is 4. The van der Waals surface area contributed by atoms with Crippen molar-refractivity contribution in [1.29, 1.82) is 0 Å². The van der Waals surface area contributed by atoms with Crippen LogP contribution < -0.4 is 31.2 Å². The number of para-hydroxylation sites is 2. The summed E-state index contributed by atoms with van der Waals surface area (Å²) in [5.41, 5.74) is 29.6. The molecule has 0 unspecified atom stereocenters. The molecular weight excluding hydrogens is 1000 g/mol. The third-order valence-corrected chi connectivity index (χ3v) is 14.6. The number of aryl methyl sites for hydroxylation is 4. The summed E-state index contributed by atoms with van der Waals surface area (Å²) in [6, 6.07) is 50.0. The first kappa shape index (κ1) is 53.8. The Hall–Kier alpha value is -9.56. The summed E-state index contributed by atoms with van der Waals surface area (Å²) in [5, 5.41) is 5.99. The number of rotatable bonds is 19. The van der Waals surface area contributed by atoms with Crippen LogP contribution in [0.15, 0.2) is 158 Å². The van der Waals surface area contributed by atoms with E-state index in [0.717, 1.165) is 115 Å². The fourth-order valence-electron chi connectivity index (χ4n) is 10.0. The van der Waals surface area contributed by atoms with Gasteiger partial charge in [0.15, 0.2) is 0 Å². The van der Waals surface area contributed by atoms with Crippen molar-refractivity contribution in [1.82, 2.24) is 20.6 Å². The number of nitrogens with one attached hydrogen (secondary N) is 2. The van der Waals surface area contributed by atoms with E-state index >= 15 is 0 Å². The topological polar surface area (TPSA) is 196 Å². The minimum Gasteiger partial charge on any atom is -0.462 e. The third-order valence-electron chi connectivity index (χ3n) is 14.6. The molecule has 2 aromatic heterocycles. The van der Waals surface area contributed by atoms with Gasteiger partial charge in [-0.05, 0) is 148 Å². The molecule has 14 nitrogen and oxygen atoms in total. The van der Waals surface area contributed by atoms with Gasteiger partial charge in [-0.3, -0.25) is 9.59 Å². The highest BCUT2D eigenvalue weighted by Crippen LogP contribution is 2.28. The number of ether oxygens (including phenoxy) is 2. The molecule has 14 heteroatoms. The van der Waals surface area contributed by atoms with Crippen molar-refractivity contribution >= 4 is 79.3 Å². The lowest BCUT2D eigenvalue weighted by Gasteiger charge is -2.11. The molecule has 402 valence electrons. The van der Waals surface area contributed by atoms with Crippen LogP contribution in [0.1, 0.15) is 102 Å². The molecular formula is C66H64N8O6+2. The number of amides is 2. The van der Waals surface area contributed by atoms with Gasteiger partial charge in [0, 0.05) is 84.1 Å². The molecule has 0 saturated carbocycles. The van der Waals surface area contributed by atoms with E-state index in [1.165, 1.54) is 0 Å². The number of nitrogens with zero attached hydrogens (tertiary/aromatic N) is 4. The number of carbonyl (C=O) groups is 4. The van der Waals surface area contributed by atoms with E-state index in [2.05, 4.69) is 19.8 Å². The first-order valence-corrected chi connectivity index (χ1v) is 27.2. The smallest absolute Gasteiger partial charge is 0.338 e. The van der Waals surface area contributed by atoms with Crippen molar-refractivity contribution in [3.05, 3.63) is 202 Å². The van der Waals surface area contributed by atoms with Gasteiger partial charge >= 0.3 is 11.9 Å². The Kier molecular flexibility index (Phi) is 16.1. The Morgan fingerprint density at radius 3 is 1.15 bits per heavy atom. The summed E-state index contributed by atoms with van der Waals surface area (Å²) in [6.07, 6.45) is 4.28. The lowest BCUT2D eigenvalue weighted by Crippen LogP contribution is -2.33. The van der Waals surface area contributed by atoms with Gasteiger partial charge in [-0.1, -0.05) is 60.7 Å². The third kappa shape index (κ3) is 11.8. The van der Waals surface area contributed by atoms with E-state index in [-0.39, 0.29) is 25.0 Å². The van der Waals surface area contributed by atoms with Crippen LogP contribution in [0.4, 0.5) is 11.4 Å². The minimum atomic E-state index is -0.398. The molecule has 8 aromatic carbocycles. The fourth-order valence-corrected chi connectivity index (χ4v) is 10.0. The summed E-state index contributed by atoms with van der Waals surface area (Å²) < 4.78 is 15.7. The molecule has 10 rings (SSSR count). The molecule has 0 aliphatic heterocycles. The van der Waals surface area contributed by atoms with Crippen molar-refractivity contribution in [2.75, 3.05) is 37.8 Å². The lowest BCUT2D eigenvalue weighted by atomic mass is 10.0. The number of esters is 2. The van der Waals surface area contributed by atoms with E-state index in [1.54, 1.807) is 24.3 Å². The Morgan fingerprint density at radius 2 is 0.775 bits per heavy atom. The largest absolute Gasteiger partial charge is 0.462 e. The number of hydrogen-bond acceptors (Lipinski definition) is 10. The number of aromatic nitrogens is 4. The molecule has 80 heavy (non-hydrogen) atoms. The second kappa shape index (κ2) is 24.0. The molecule has 0 atom stereocenters. The van der Waals surface area contributed by atoms with Gasteiger partial charge in [0.2, 0.25) is 33.4 Å². The molecule has 10 aromatic rings. The van der Waals surface area contributed by atoms with E-state index in [1.807, 2.05) is 161 Å². The van der Waals surface area contributed by atoms with E-state index < -0.39 is 11.9 Å². The van der Waals surface area contributed by atoms with Crippen LogP contribution in [-0.4, -0.2) is 60.0 Å². The zero-order chi connectivity index (χ0) is 55.9. The predicted molar refractivity (Wildman–Crippen MR) is 314 cm³/mol. The number of nitrogens with two attached hydrogens (primary N) is 2. The summed E-state index contributed by atoms with van der Waals surface area (Å²) >= 11 is 0. The van der Waals surface area contributed by atoms with Crippen LogP contribution in [0.3, 0.4) is 0 Å². The zero-order valence-electron chi connectivity index (χ0n) is 45.5. The monoisotopic (exact) mass is 1060 g/mol. The molecule has 2 heterocycles. The van der Waals surface area contributed by atoms with Gasteiger partial charge in [-0.15, -0.1) is 9.13 Å². The van der Waals surface area contributed by atoms with Gasteiger partial charge in [-0.25, -0.2) is 19.6 Å². The summed E-state index contributed by atoms with van der Waals surface area (Å²) in [4.78, 5) is 62.8. The SMILES string of the molecule is Cc1cc2nc3cc(C)c(C(=O)OCCCCCNC(=O)c4ccc(-c5ccc(C(=O)NCCCCCOC(=O)c6cc7c(cc6C)nc6cc(C)c(N)cc6[n+]7-c6ccccc6)cc5)cc4)cc3[n+](-c3ccccc3)c2cc1N. The molecule has 0 aliphatic carbocycles. The Balaban J connectivity index is 0.635. The number of benzene rings is 8. The van der Waals surface area contributed by atoms with Gasteiger partial charge < -0.3 is 31.6 Å². The second-order valence-corrected chi connectivity index (χ2v) is 20.3. The molecule has 2 amide bonds. The van der Waals surface area contributed by atoms with Gasteiger partial charge in [0.25, 0.3) is 11.8 Å². The van der Waals surface area contributed by atoms with E-state index in [9.17, 15) is 19.2 Å². The summed E-state index contributed by atoms with van der Waals surface area (Å²) in [6.45, 7) is 9.19. The normalized spacial score (nSPS) is 11.3. The minimum absolute atomic E-state index is 0.169. The van der Waals surface area contributed by atoms with Gasteiger partial charge in [-0.2, -0.15) is 0 Å². The standard InChI is InChI=1S/C66H62N8O6/c1-41-33-55-59(73(49-17-9-5-10-18-49)61-39-53(67)43(3)35-57(61)71-55)37-51(41)65(77)79-31-15-7-13-29-69-63(75)47-25-21-45(22-26-47)46-23-27-48(28-24-46)64(76)70-30-14-8-16-32-80-66(78)52-38-60-56(34-42(52)2)72-58-36-44(4)54(68)40-62(58)74(60)50-19-11-6-12-20-50/h5-6,9-12,17-28,33-40,67-68H,7-8,13-16,29-32H2,1-4H3,(H2,69,70,75,76)/p+2. The fraction of sp³-hybridized carbons (Fsp3) is 0.212. The molecule has 0 bridgehead atoms. The van der Waals surface area contributed by atoms with Crippen molar-refractivity contribution in [2.24, 2.45) is 0 Å². The van der Waals surface area contributed by atoms with E-state index in [0.29, 0.717) is 59.6 Å². The number of nitrogen functional groups attached to an aromatic ring is 2. The van der Waals surface area contributed by atoms with Crippen LogP contribution in [0.5, 0.6) is 0 Å². The number of fused-ring (bicyclic) bond motifs is 4. The van der Waals surface area contributed by atoms with Gasteiger partial charge in [0.1, 0.15) is 22.1 Å². The van der Waals surface area contributed by atoms with Crippen LogP contribution in [0.25, 0.3) is 66.6 Å². The van der Waals surface area contributed by atoms with Crippen molar-refractivity contribution < 1.29 is 37.8 Å². The zero-order valence-corrected chi connectivity index (χ0v) is 45.5. The van der Waals surface area contributed by atoms with E-state index in [4.69, 9.17) is 30.9 Å². The summed E-state index contributed by atoms with van der Waals surface area (Å²) in [7, 11) is 0.